The van der Waals surface area contributed by atoms with Crippen LogP contribution in [0.15, 0.2) is 48.5 Å². The van der Waals surface area contributed by atoms with Gasteiger partial charge in [0.05, 0.1) is 0 Å². The first-order valence-corrected chi connectivity index (χ1v) is 7.95. The Hall–Kier alpha value is -3.15. The topological polar surface area (TPSA) is 87.3 Å². The lowest BCUT2D eigenvalue weighted by molar-refractivity contribution is -0.114. The van der Waals surface area contributed by atoms with E-state index in [9.17, 15) is 14.4 Å². The first kappa shape index (κ1) is 18.2. The molecule has 3 amide bonds. The molecule has 6 heteroatoms. The largest absolute Gasteiger partial charge is 0.350 e. The maximum absolute atomic E-state index is 12.3. The standard InChI is InChI=1S/C19H21N3O3/c1-12(2)20-18(24)14-4-6-15(7-5-14)19(25)22-17-10-8-16(9-11-17)21-13(3)23/h4-12H,1-3H3,(H,20,24)(H,21,23)(H,22,25). The van der Waals surface area contributed by atoms with Crippen molar-refractivity contribution in [3.8, 4) is 0 Å². The van der Waals surface area contributed by atoms with Gasteiger partial charge in [-0.25, -0.2) is 0 Å². The van der Waals surface area contributed by atoms with Gasteiger partial charge in [-0.3, -0.25) is 14.4 Å². The zero-order valence-electron chi connectivity index (χ0n) is 14.4. The second-order valence-corrected chi connectivity index (χ2v) is 5.92. The van der Waals surface area contributed by atoms with Crippen LogP contribution < -0.4 is 16.0 Å². The van der Waals surface area contributed by atoms with E-state index in [0.717, 1.165) is 0 Å². The van der Waals surface area contributed by atoms with E-state index in [-0.39, 0.29) is 23.8 Å². The maximum atomic E-state index is 12.3. The molecule has 0 heterocycles. The number of carbonyl (C=O) groups excluding carboxylic acids is 3. The van der Waals surface area contributed by atoms with Crippen molar-refractivity contribution in [3.63, 3.8) is 0 Å². The van der Waals surface area contributed by atoms with E-state index >= 15 is 0 Å². The van der Waals surface area contributed by atoms with Gasteiger partial charge in [-0.05, 0) is 62.4 Å². The summed E-state index contributed by atoms with van der Waals surface area (Å²) in [4.78, 5) is 35.1. The molecule has 130 valence electrons. The summed E-state index contributed by atoms with van der Waals surface area (Å²) >= 11 is 0. The molecule has 6 nitrogen and oxygen atoms in total. The molecule has 3 N–H and O–H groups in total. The van der Waals surface area contributed by atoms with Crippen LogP contribution in [-0.2, 0) is 4.79 Å². The van der Waals surface area contributed by atoms with Crippen molar-refractivity contribution in [1.29, 1.82) is 0 Å². The summed E-state index contributed by atoms with van der Waals surface area (Å²) in [6.45, 7) is 5.20. The Bertz CT molecular complexity index is 766. The Morgan fingerprint density at radius 2 is 1.16 bits per heavy atom. The van der Waals surface area contributed by atoms with Crippen molar-refractivity contribution in [1.82, 2.24) is 5.32 Å². The molecule has 0 bridgehead atoms. The van der Waals surface area contributed by atoms with Crippen LogP contribution in [0.5, 0.6) is 0 Å². The smallest absolute Gasteiger partial charge is 0.255 e. The molecule has 0 saturated heterocycles. The molecule has 0 fully saturated rings. The van der Waals surface area contributed by atoms with Gasteiger partial charge >= 0.3 is 0 Å². The number of hydrogen-bond donors (Lipinski definition) is 3. The SMILES string of the molecule is CC(=O)Nc1ccc(NC(=O)c2ccc(C(=O)NC(C)C)cc2)cc1. The first-order valence-electron chi connectivity index (χ1n) is 7.95. The summed E-state index contributed by atoms with van der Waals surface area (Å²) in [5, 5.41) is 8.22. The number of carbonyl (C=O) groups is 3. The second kappa shape index (κ2) is 8.10. The van der Waals surface area contributed by atoms with E-state index in [4.69, 9.17) is 0 Å². The number of anilines is 2. The quantitative estimate of drug-likeness (QED) is 0.782. The molecule has 25 heavy (non-hydrogen) atoms. The highest BCUT2D eigenvalue weighted by molar-refractivity contribution is 6.05. The normalized spacial score (nSPS) is 10.2. The van der Waals surface area contributed by atoms with Crippen molar-refractivity contribution in [3.05, 3.63) is 59.7 Å². The molecule has 0 unspecified atom stereocenters. The van der Waals surface area contributed by atoms with Crippen LogP contribution in [0.25, 0.3) is 0 Å². The maximum Gasteiger partial charge on any atom is 0.255 e. The van der Waals surface area contributed by atoms with Crippen molar-refractivity contribution in [2.45, 2.75) is 26.8 Å². The van der Waals surface area contributed by atoms with E-state index in [2.05, 4.69) is 16.0 Å². The van der Waals surface area contributed by atoms with Crippen LogP contribution in [0.1, 0.15) is 41.5 Å². The van der Waals surface area contributed by atoms with Crippen LogP contribution >= 0.6 is 0 Å². The van der Waals surface area contributed by atoms with Gasteiger partial charge in [-0.15, -0.1) is 0 Å². The van der Waals surface area contributed by atoms with Gasteiger partial charge in [0.2, 0.25) is 5.91 Å². The fourth-order valence-electron chi connectivity index (χ4n) is 2.16. The summed E-state index contributed by atoms with van der Waals surface area (Å²) in [5.74, 6) is -0.600. The Balaban J connectivity index is 2.01. The molecule has 2 aromatic rings. The lowest BCUT2D eigenvalue weighted by Crippen LogP contribution is -2.30. The monoisotopic (exact) mass is 339 g/mol. The summed E-state index contributed by atoms with van der Waals surface area (Å²) in [7, 11) is 0. The Morgan fingerprint density at radius 3 is 1.60 bits per heavy atom. The Morgan fingerprint density at radius 1 is 0.720 bits per heavy atom. The van der Waals surface area contributed by atoms with Crippen LogP contribution in [0, 0.1) is 0 Å². The highest BCUT2D eigenvalue weighted by atomic mass is 16.2. The predicted molar refractivity (Wildman–Crippen MR) is 97.7 cm³/mol. The molecular weight excluding hydrogens is 318 g/mol. The fraction of sp³-hybridized carbons (Fsp3) is 0.211. The third-order valence-electron chi connectivity index (χ3n) is 3.29. The number of hydrogen-bond acceptors (Lipinski definition) is 3. The summed E-state index contributed by atoms with van der Waals surface area (Å²) in [6.07, 6.45) is 0. The minimum atomic E-state index is -0.275. The summed E-state index contributed by atoms with van der Waals surface area (Å²) in [6, 6.07) is 13.3. The van der Waals surface area contributed by atoms with Crippen LogP contribution in [0.2, 0.25) is 0 Å². The summed E-state index contributed by atoms with van der Waals surface area (Å²) in [5.41, 5.74) is 2.23. The lowest BCUT2D eigenvalue weighted by atomic mass is 10.1. The molecule has 0 atom stereocenters. The number of nitrogens with one attached hydrogen (secondary N) is 3. The highest BCUT2D eigenvalue weighted by Gasteiger charge is 2.10. The molecular formula is C19H21N3O3. The molecule has 0 aliphatic heterocycles. The molecule has 0 saturated carbocycles. The van der Waals surface area contributed by atoms with E-state index in [1.54, 1.807) is 48.5 Å². The second-order valence-electron chi connectivity index (χ2n) is 5.92. The molecule has 0 aliphatic rings. The van der Waals surface area contributed by atoms with Gasteiger partial charge in [-0.2, -0.15) is 0 Å². The van der Waals surface area contributed by atoms with Gasteiger partial charge in [0.25, 0.3) is 11.8 Å². The first-order chi connectivity index (χ1) is 11.8. The Labute approximate surface area is 146 Å². The zero-order valence-corrected chi connectivity index (χ0v) is 14.4. The van der Waals surface area contributed by atoms with Gasteiger partial charge in [0.15, 0.2) is 0 Å². The minimum absolute atomic E-state index is 0.0518. The van der Waals surface area contributed by atoms with E-state index in [1.165, 1.54) is 6.92 Å². The van der Waals surface area contributed by atoms with Crippen molar-refractivity contribution >= 4 is 29.1 Å². The third-order valence-corrected chi connectivity index (χ3v) is 3.29. The van der Waals surface area contributed by atoms with Gasteiger partial charge < -0.3 is 16.0 Å². The third kappa shape index (κ3) is 5.46. The van der Waals surface area contributed by atoms with E-state index in [0.29, 0.717) is 22.5 Å². The predicted octanol–water partition coefficient (Wildman–Crippen LogP) is 3.04. The van der Waals surface area contributed by atoms with Gasteiger partial charge in [-0.1, -0.05) is 0 Å². The van der Waals surface area contributed by atoms with Crippen LogP contribution in [0.4, 0.5) is 11.4 Å². The minimum Gasteiger partial charge on any atom is -0.350 e. The van der Waals surface area contributed by atoms with Crippen LogP contribution in [-0.4, -0.2) is 23.8 Å². The van der Waals surface area contributed by atoms with E-state index in [1.807, 2.05) is 13.8 Å². The molecule has 2 rings (SSSR count). The average Bonchev–Trinajstić information content (AvgIpc) is 2.55. The van der Waals surface area contributed by atoms with Gasteiger partial charge in [0, 0.05) is 35.5 Å². The van der Waals surface area contributed by atoms with Crippen molar-refractivity contribution in [2.24, 2.45) is 0 Å². The number of amides is 3. The molecule has 0 aliphatic carbocycles. The molecule has 2 aromatic carbocycles. The molecule has 0 aromatic heterocycles. The number of rotatable bonds is 5. The van der Waals surface area contributed by atoms with Gasteiger partial charge in [0.1, 0.15) is 0 Å². The summed E-state index contributed by atoms with van der Waals surface area (Å²) < 4.78 is 0. The van der Waals surface area contributed by atoms with Crippen molar-refractivity contribution in [2.75, 3.05) is 10.6 Å². The Kier molecular flexibility index (Phi) is 5.89. The average molecular weight is 339 g/mol. The number of benzene rings is 2. The van der Waals surface area contributed by atoms with Crippen molar-refractivity contribution < 1.29 is 14.4 Å². The highest BCUT2D eigenvalue weighted by Crippen LogP contribution is 2.15. The van der Waals surface area contributed by atoms with E-state index < -0.39 is 0 Å². The molecule has 0 radical (unpaired) electrons. The molecule has 0 spiro atoms. The van der Waals surface area contributed by atoms with Crippen LogP contribution in [0.3, 0.4) is 0 Å². The zero-order chi connectivity index (χ0) is 18.4. The fourth-order valence-corrected chi connectivity index (χ4v) is 2.16. The lowest BCUT2D eigenvalue weighted by Gasteiger charge is -2.09.